The van der Waals surface area contributed by atoms with Crippen LogP contribution in [0.4, 0.5) is 4.39 Å². The van der Waals surface area contributed by atoms with Crippen molar-refractivity contribution in [2.24, 2.45) is 0 Å². The molecule has 1 aromatic heterocycles. The Morgan fingerprint density at radius 2 is 2.08 bits per heavy atom. The number of fused-ring (bicyclic) bond motifs is 1. The van der Waals surface area contributed by atoms with E-state index in [1.54, 1.807) is 18.5 Å². The number of hydrogen-bond acceptors (Lipinski definition) is 4. The van der Waals surface area contributed by atoms with E-state index in [9.17, 15) is 12.8 Å². The molecule has 1 aromatic carbocycles. The molecule has 0 aliphatic carbocycles. The Labute approximate surface area is 151 Å². The third kappa shape index (κ3) is 4.07. The van der Waals surface area contributed by atoms with Gasteiger partial charge in [0.2, 0.25) is 10.0 Å². The number of alkyl halides is 1. The van der Waals surface area contributed by atoms with Gasteiger partial charge in [-0.05, 0) is 31.0 Å². The minimum Gasteiger partial charge on any atom is -0.350 e. The van der Waals surface area contributed by atoms with Crippen LogP contribution < -0.4 is 0 Å². The Morgan fingerprint density at radius 1 is 1.28 bits per heavy atom. The minimum atomic E-state index is -3.27. The first-order valence-electron chi connectivity index (χ1n) is 7.98. The highest BCUT2D eigenvalue weighted by Crippen LogP contribution is 2.23. The molecule has 1 aliphatic heterocycles. The van der Waals surface area contributed by atoms with Crippen LogP contribution in [0.25, 0.3) is 11.0 Å². The molecular formula is C16H20ClFN4O2S. The van der Waals surface area contributed by atoms with E-state index in [-0.39, 0.29) is 13.3 Å². The summed E-state index contributed by atoms with van der Waals surface area (Å²) in [5, 5.41) is 0.608. The number of unbranched alkanes of at least 4 members (excludes halogenated alkanes) is 1. The number of benzene rings is 1. The Morgan fingerprint density at radius 3 is 2.76 bits per heavy atom. The summed E-state index contributed by atoms with van der Waals surface area (Å²) in [6.45, 7) is 1.04. The molecule has 6 nitrogen and oxygen atoms in total. The second-order valence-corrected chi connectivity index (χ2v) is 8.42. The van der Waals surface area contributed by atoms with E-state index in [2.05, 4.69) is 9.55 Å². The molecule has 0 unspecified atom stereocenters. The van der Waals surface area contributed by atoms with Gasteiger partial charge in [-0.25, -0.2) is 13.4 Å². The highest BCUT2D eigenvalue weighted by atomic mass is 35.5. The lowest BCUT2D eigenvalue weighted by Gasteiger charge is -2.20. The van der Waals surface area contributed by atoms with Crippen molar-refractivity contribution in [1.82, 2.24) is 18.8 Å². The standard InChI is InChI=1S/C16H20ClFN4O2S/c1-25(23,24)21-9-8-20(12-21)11-16-19-14-10-13(17)4-5-15(14)22(16)7-3-2-6-18/h4-5,8-10H,2-3,6-7,11-12H2,1H3. The Hall–Kier alpha value is -1.80. The van der Waals surface area contributed by atoms with Gasteiger partial charge in [-0.3, -0.25) is 8.70 Å². The van der Waals surface area contributed by atoms with Gasteiger partial charge in [0, 0.05) is 24.0 Å². The number of aromatic nitrogens is 2. The monoisotopic (exact) mass is 386 g/mol. The first-order chi connectivity index (χ1) is 11.9. The van der Waals surface area contributed by atoms with E-state index >= 15 is 0 Å². The van der Waals surface area contributed by atoms with Gasteiger partial charge in [-0.2, -0.15) is 0 Å². The number of aryl methyl sites for hydroxylation is 1. The molecular weight excluding hydrogens is 367 g/mol. The predicted octanol–water partition coefficient (Wildman–Crippen LogP) is 2.95. The molecule has 0 saturated carbocycles. The zero-order valence-corrected chi connectivity index (χ0v) is 15.5. The highest BCUT2D eigenvalue weighted by Gasteiger charge is 2.22. The summed E-state index contributed by atoms with van der Waals surface area (Å²) in [5.41, 5.74) is 1.73. The highest BCUT2D eigenvalue weighted by molar-refractivity contribution is 7.88. The van der Waals surface area contributed by atoms with Crippen molar-refractivity contribution in [2.45, 2.75) is 25.9 Å². The van der Waals surface area contributed by atoms with Gasteiger partial charge in [-0.15, -0.1) is 0 Å². The maximum atomic E-state index is 12.4. The molecule has 0 atom stereocenters. The van der Waals surface area contributed by atoms with Gasteiger partial charge in [0.1, 0.15) is 12.5 Å². The van der Waals surface area contributed by atoms with Crippen molar-refractivity contribution >= 4 is 32.7 Å². The van der Waals surface area contributed by atoms with E-state index in [1.807, 2.05) is 17.0 Å². The maximum Gasteiger partial charge on any atom is 0.233 e. The van der Waals surface area contributed by atoms with Crippen LogP contribution in [0.3, 0.4) is 0 Å². The first kappa shape index (κ1) is 18.0. The number of hydrogen-bond donors (Lipinski definition) is 0. The molecule has 2 heterocycles. The summed E-state index contributed by atoms with van der Waals surface area (Å²) >= 11 is 6.05. The Kier molecular flexibility index (Phi) is 5.19. The van der Waals surface area contributed by atoms with Crippen LogP contribution in [-0.4, -0.2) is 46.8 Å². The van der Waals surface area contributed by atoms with Crippen molar-refractivity contribution < 1.29 is 12.8 Å². The van der Waals surface area contributed by atoms with Crippen molar-refractivity contribution in [1.29, 1.82) is 0 Å². The molecule has 0 saturated heterocycles. The number of sulfonamides is 1. The second kappa shape index (κ2) is 7.21. The molecule has 0 fully saturated rings. The minimum absolute atomic E-state index is 0.257. The van der Waals surface area contributed by atoms with Gasteiger partial charge in [0.25, 0.3) is 0 Å². The van der Waals surface area contributed by atoms with Gasteiger partial charge in [0.15, 0.2) is 0 Å². The topological polar surface area (TPSA) is 58.4 Å². The van der Waals surface area contributed by atoms with Crippen LogP contribution in [0.15, 0.2) is 30.6 Å². The summed E-state index contributed by atoms with van der Waals surface area (Å²) in [4.78, 5) is 6.51. The Bertz CT molecular complexity index is 897. The summed E-state index contributed by atoms with van der Waals surface area (Å²) in [5.74, 6) is 0.802. The largest absolute Gasteiger partial charge is 0.350 e. The van der Waals surface area contributed by atoms with Gasteiger partial charge in [0.05, 0.1) is 30.5 Å². The summed E-state index contributed by atoms with van der Waals surface area (Å²) in [7, 11) is -3.27. The lowest BCUT2D eigenvalue weighted by Crippen LogP contribution is -2.30. The lowest BCUT2D eigenvalue weighted by atomic mass is 10.3. The van der Waals surface area contributed by atoms with E-state index in [1.165, 1.54) is 10.6 Å². The van der Waals surface area contributed by atoms with Crippen LogP contribution in [0.1, 0.15) is 18.7 Å². The zero-order chi connectivity index (χ0) is 18.0. The summed E-state index contributed by atoms with van der Waals surface area (Å²) < 4.78 is 39.0. The molecule has 9 heteroatoms. The number of imidazole rings is 1. The van der Waals surface area contributed by atoms with Crippen LogP contribution in [-0.2, 0) is 23.1 Å². The van der Waals surface area contributed by atoms with Crippen molar-refractivity contribution in [3.8, 4) is 0 Å². The van der Waals surface area contributed by atoms with Crippen LogP contribution in [0, 0.1) is 0 Å². The summed E-state index contributed by atoms with van der Waals surface area (Å²) in [6, 6.07) is 5.52. The van der Waals surface area contributed by atoms with E-state index < -0.39 is 10.0 Å². The Balaban J connectivity index is 1.85. The molecule has 0 spiro atoms. The van der Waals surface area contributed by atoms with Crippen molar-refractivity contribution in [3.63, 3.8) is 0 Å². The smallest absolute Gasteiger partial charge is 0.233 e. The molecule has 0 radical (unpaired) electrons. The van der Waals surface area contributed by atoms with Crippen LogP contribution in [0.2, 0.25) is 5.02 Å². The molecule has 1 aliphatic rings. The fraction of sp³-hybridized carbons (Fsp3) is 0.438. The average molecular weight is 387 g/mol. The van der Waals surface area contributed by atoms with Gasteiger partial charge >= 0.3 is 0 Å². The molecule has 136 valence electrons. The number of nitrogens with zero attached hydrogens (tertiary/aromatic N) is 4. The molecule has 0 bridgehead atoms. The predicted molar refractivity (Wildman–Crippen MR) is 96.2 cm³/mol. The van der Waals surface area contributed by atoms with Crippen molar-refractivity contribution in [2.75, 3.05) is 19.6 Å². The molecule has 0 amide bonds. The molecule has 2 aromatic rings. The average Bonchev–Trinajstić information content (AvgIpc) is 3.13. The first-order valence-corrected chi connectivity index (χ1v) is 10.2. The van der Waals surface area contributed by atoms with Crippen LogP contribution >= 0.6 is 11.6 Å². The number of rotatable bonds is 7. The molecule has 25 heavy (non-hydrogen) atoms. The zero-order valence-electron chi connectivity index (χ0n) is 13.9. The molecule has 0 N–H and O–H groups in total. The maximum absolute atomic E-state index is 12.4. The third-order valence-corrected chi connectivity index (χ3v) is 5.41. The lowest BCUT2D eigenvalue weighted by molar-refractivity contribution is 0.316. The van der Waals surface area contributed by atoms with Gasteiger partial charge < -0.3 is 9.47 Å². The van der Waals surface area contributed by atoms with E-state index in [0.29, 0.717) is 31.0 Å². The fourth-order valence-electron chi connectivity index (χ4n) is 2.83. The number of halogens is 2. The van der Waals surface area contributed by atoms with Gasteiger partial charge in [-0.1, -0.05) is 11.6 Å². The SMILES string of the molecule is CS(=O)(=O)N1C=CN(Cc2nc3cc(Cl)ccc3n2CCCCF)C1. The molecule has 3 rings (SSSR count). The fourth-order valence-corrected chi connectivity index (χ4v) is 3.63. The normalized spacial score (nSPS) is 14.8. The van der Waals surface area contributed by atoms with E-state index in [4.69, 9.17) is 11.6 Å². The van der Waals surface area contributed by atoms with Crippen LogP contribution in [0.5, 0.6) is 0 Å². The second-order valence-electron chi connectivity index (χ2n) is 6.05. The summed E-state index contributed by atoms with van der Waals surface area (Å²) in [6.07, 6.45) is 5.66. The van der Waals surface area contributed by atoms with E-state index in [0.717, 1.165) is 16.9 Å². The van der Waals surface area contributed by atoms with Crippen molar-refractivity contribution in [3.05, 3.63) is 41.4 Å². The quantitative estimate of drug-likeness (QED) is 0.686. The third-order valence-electron chi connectivity index (χ3n) is 4.09.